The van der Waals surface area contributed by atoms with E-state index in [2.05, 4.69) is 5.32 Å². The summed E-state index contributed by atoms with van der Waals surface area (Å²) in [6.45, 7) is 4.53. The van der Waals surface area contributed by atoms with Crippen molar-refractivity contribution in [2.24, 2.45) is 10.9 Å². The maximum Gasteiger partial charge on any atom is 0.416 e. The van der Waals surface area contributed by atoms with E-state index >= 15 is 0 Å². The number of hydrogen-bond acceptors (Lipinski definition) is 3. The molecule has 1 saturated heterocycles. The Kier molecular flexibility index (Phi) is 5.84. The van der Waals surface area contributed by atoms with Crippen LogP contribution < -0.4 is 5.32 Å². The van der Waals surface area contributed by atoms with Crippen molar-refractivity contribution in [3.63, 3.8) is 0 Å². The summed E-state index contributed by atoms with van der Waals surface area (Å²) in [6, 6.07) is 14.9. The van der Waals surface area contributed by atoms with E-state index in [1.54, 1.807) is 0 Å². The molecule has 7 heteroatoms. The average molecular weight is 442 g/mol. The van der Waals surface area contributed by atoms with Gasteiger partial charge in [0.15, 0.2) is 0 Å². The third-order valence-corrected chi connectivity index (χ3v) is 6.29. The number of rotatable bonds is 6. The molecular formula is C25H25F3N2O2. The van der Waals surface area contributed by atoms with Crippen LogP contribution in [0.4, 0.5) is 13.2 Å². The maximum atomic E-state index is 12.8. The Balaban J connectivity index is 1.61. The van der Waals surface area contributed by atoms with Gasteiger partial charge < -0.3 is 10.1 Å². The molecule has 168 valence electrons. The number of aliphatic imine (C=N–C) groups is 1. The van der Waals surface area contributed by atoms with E-state index in [1.807, 2.05) is 44.2 Å². The Morgan fingerprint density at radius 3 is 2.34 bits per heavy atom. The predicted molar refractivity (Wildman–Crippen MR) is 116 cm³/mol. The van der Waals surface area contributed by atoms with Crippen LogP contribution in [0.25, 0.3) is 0 Å². The zero-order valence-corrected chi connectivity index (χ0v) is 18.0. The minimum absolute atomic E-state index is 0.0131. The summed E-state index contributed by atoms with van der Waals surface area (Å²) in [5, 5.41) is 2.92. The first kappa shape index (κ1) is 22.1. The van der Waals surface area contributed by atoms with Gasteiger partial charge in [-0.05, 0) is 49.1 Å². The van der Waals surface area contributed by atoms with E-state index in [-0.39, 0.29) is 18.4 Å². The second-order valence-corrected chi connectivity index (χ2v) is 8.35. The lowest BCUT2D eigenvalue weighted by Gasteiger charge is -2.33. The molecule has 0 spiro atoms. The third kappa shape index (κ3) is 4.16. The van der Waals surface area contributed by atoms with Crippen molar-refractivity contribution in [1.82, 2.24) is 5.32 Å². The topological polar surface area (TPSA) is 50.7 Å². The second kappa shape index (κ2) is 8.45. The van der Waals surface area contributed by atoms with Crippen LogP contribution in [0.1, 0.15) is 37.0 Å². The summed E-state index contributed by atoms with van der Waals surface area (Å²) < 4.78 is 44.5. The zero-order chi connectivity index (χ0) is 22.9. The number of ether oxygens (including phenoxy) is 1. The van der Waals surface area contributed by atoms with Crippen LogP contribution in [0.2, 0.25) is 0 Å². The number of nitrogens with one attached hydrogen (secondary N) is 1. The predicted octanol–water partition coefficient (Wildman–Crippen LogP) is 5.09. The van der Waals surface area contributed by atoms with E-state index in [4.69, 9.17) is 9.73 Å². The van der Waals surface area contributed by atoms with E-state index < -0.39 is 17.3 Å². The van der Waals surface area contributed by atoms with Gasteiger partial charge in [-0.1, -0.05) is 42.5 Å². The lowest BCUT2D eigenvalue weighted by Crippen LogP contribution is -2.42. The molecule has 32 heavy (non-hydrogen) atoms. The number of amides is 1. The van der Waals surface area contributed by atoms with Crippen molar-refractivity contribution in [3.05, 3.63) is 82.6 Å². The number of carbonyl (C=O) groups is 1. The van der Waals surface area contributed by atoms with E-state index in [1.165, 1.54) is 12.1 Å². The number of carbonyl (C=O) groups excluding carboxylic acids is 1. The Morgan fingerprint density at radius 1 is 1.06 bits per heavy atom. The van der Waals surface area contributed by atoms with Crippen LogP contribution in [0.3, 0.4) is 0 Å². The molecular weight excluding hydrogens is 417 g/mol. The summed E-state index contributed by atoms with van der Waals surface area (Å²) in [4.78, 5) is 17.6. The van der Waals surface area contributed by atoms with Crippen molar-refractivity contribution in [1.29, 1.82) is 0 Å². The van der Waals surface area contributed by atoms with Gasteiger partial charge in [-0.3, -0.25) is 9.79 Å². The van der Waals surface area contributed by atoms with Crippen LogP contribution in [0.15, 0.2) is 70.9 Å². The van der Waals surface area contributed by atoms with Gasteiger partial charge in [0, 0.05) is 13.0 Å². The van der Waals surface area contributed by atoms with E-state index in [0.717, 1.165) is 23.3 Å². The monoisotopic (exact) mass is 442 g/mol. The Labute approximate surface area is 185 Å². The Hall–Kier alpha value is -3.09. The fourth-order valence-corrected chi connectivity index (χ4v) is 4.65. The van der Waals surface area contributed by atoms with Gasteiger partial charge in [-0.2, -0.15) is 13.2 Å². The molecule has 2 aliphatic heterocycles. The molecule has 2 atom stereocenters. The molecule has 4 rings (SSSR count). The minimum atomic E-state index is -4.37. The molecule has 0 aromatic heterocycles. The van der Waals surface area contributed by atoms with Crippen molar-refractivity contribution >= 4 is 11.6 Å². The van der Waals surface area contributed by atoms with Crippen LogP contribution in [-0.2, 0) is 28.7 Å². The molecule has 4 nitrogen and oxygen atoms in total. The summed E-state index contributed by atoms with van der Waals surface area (Å²) in [6.07, 6.45) is -3.11. The van der Waals surface area contributed by atoms with Crippen molar-refractivity contribution in [2.45, 2.75) is 45.0 Å². The second-order valence-electron chi connectivity index (χ2n) is 8.35. The van der Waals surface area contributed by atoms with Gasteiger partial charge in [0.1, 0.15) is 17.9 Å². The van der Waals surface area contributed by atoms with Gasteiger partial charge in [0.05, 0.1) is 17.2 Å². The summed E-state index contributed by atoms with van der Waals surface area (Å²) in [7, 11) is 0. The molecule has 2 heterocycles. The van der Waals surface area contributed by atoms with Crippen LogP contribution in [-0.4, -0.2) is 23.7 Å². The van der Waals surface area contributed by atoms with Gasteiger partial charge in [-0.25, -0.2) is 0 Å². The highest BCUT2D eigenvalue weighted by atomic mass is 19.4. The normalized spacial score (nSPS) is 23.3. The summed E-state index contributed by atoms with van der Waals surface area (Å²) >= 11 is 0. The fraction of sp³-hybridized carbons (Fsp3) is 0.360. The van der Waals surface area contributed by atoms with Crippen molar-refractivity contribution < 1.29 is 22.7 Å². The fourth-order valence-electron chi connectivity index (χ4n) is 4.65. The van der Waals surface area contributed by atoms with Crippen LogP contribution >= 0.6 is 0 Å². The van der Waals surface area contributed by atoms with Crippen LogP contribution in [0, 0.1) is 5.92 Å². The molecule has 2 aliphatic rings. The molecule has 1 amide bonds. The molecule has 2 unspecified atom stereocenters. The number of allylic oxidation sites excluding steroid dienone is 1. The summed E-state index contributed by atoms with van der Waals surface area (Å²) in [5.41, 5.74) is 1.86. The lowest BCUT2D eigenvalue weighted by atomic mass is 9.74. The number of hydrogen-bond donors (Lipinski definition) is 1. The van der Waals surface area contributed by atoms with Gasteiger partial charge in [0.2, 0.25) is 5.91 Å². The molecule has 2 aromatic carbocycles. The van der Waals surface area contributed by atoms with Crippen LogP contribution in [0.5, 0.6) is 0 Å². The largest absolute Gasteiger partial charge is 0.487 e. The highest BCUT2D eigenvalue weighted by Crippen LogP contribution is 2.44. The first-order valence-corrected chi connectivity index (χ1v) is 10.6. The number of alkyl halides is 3. The molecule has 2 aromatic rings. The zero-order valence-electron chi connectivity index (χ0n) is 18.0. The highest BCUT2D eigenvalue weighted by molar-refractivity contribution is 6.01. The lowest BCUT2D eigenvalue weighted by molar-refractivity contribution is -0.137. The van der Waals surface area contributed by atoms with Gasteiger partial charge in [-0.15, -0.1) is 0 Å². The average Bonchev–Trinajstić information content (AvgIpc) is 3.29. The molecule has 0 saturated carbocycles. The Bertz CT molecular complexity index is 1060. The molecule has 0 bridgehead atoms. The van der Waals surface area contributed by atoms with Gasteiger partial charge in [0.25, 0.3) is 0 Å². The number of benzene rings is 2. The smallest absolute Gasteiger partial charge is 0.416 e. The van der Waals surface area contributed by atoms with Crippen molar-refractivity contribution in [3.8, 4) is 0 Å². The SMILES string of the molecule is CC1=NC(Cc2ccccc2)(C2CCNC2=O)C(C)=C1OCc1ccc(C(F)(F)F)cc1. The van der Waals surface area contributed by atoms with Gasteiger partial charge >= 0.3 is 6.18 Å². The first-order valence-electron chi connectivity index (χ1n) is 10.6. The quantitative estimate of drug-likeness (QED) is 0.678. The van der Waals surface area contributed by atoms with E-state index in [9.17, 15) is 18.0 Å². The highest BCUT2D eigenvalue weighted by Gasteiger charge is 2.50. The molecule has 0 aliphatic carbocycles. The number of nitrogens with zero attached hydrogens (tertiary/aromatic N) is 1. The molecule has 0 radical (unpaired) electrons. The Morgan fingerprint density at radius 2 is 1.75 bits per heavy atom. The molecule has 1 N–H and O–H groups in total. The maximum absolute atomic E-state index is 12.8. The summed E-state index contributed by atoms with van der Waals surface area (Å²) in [5.74, 6) is 0.297. The standard InChI is InChI=1S/C25H25F3N2O2/c1-16-22(32-15-19-8-10-20(11-9-19)25(26,27)28)17(2)30-24(16,21-12-13-29-23(21)31)14-18-6-4-3-5-7-18/h3-11,21H,12-15H2,1-2H3,(H,29,31). The minimum Gasteiger partial charge on any atom is -0.487 e. The molecule has 1 fully saturated rings. The number of halogens is 3. The first-order chi connectivity index (χ1) is 15.2. The third-order valence-electron chi connectivity index (χ3n) is 6.29. The van der Waals surface area contributed by atoms with Crippen molar-refractivity contribution in [2.75, 3.05) is 6.54 Å². The van der Waals surface area contributed by atoms with E-state index in [0.29, 0.717) is 36.4 Å².